The molecule has 0 aromatic carbocycles. The highest BCUT2D eigenvalue weighted by Crippen LogP contribution is 2.54. The molecule has 168 valence electrons. The van der Waals surface area contributed by atoms with Gasteiger partial charge < -0.3 is 20.1 Å². The Morgan fingerprint density at radius 3 is 1.64 bits per heavy atom. The van der Waals surface area contributed by atoms with Crippen LogP contribution in [0.25, 0.3) is 0 Å². The van der Waals surface area contributed by atoms with E-state index >= 15 is 0 Å². The minimum absolute atomic E-state index is 0.125. The van der Waals surface area contributed by atoms with Crippen LogP contribution in [0.1, 0.15) is 98.8 Å². The number of carbonyl (C=O) groups is 1. The first-order valence-corrected chi connectivity index (χ1v) is 11.4. The predicted molar refractivity (Wildman–Crippen MR) is 114 cm³/mol. The molecule has 0 aliphatic heterocycles. The fourth-order valence-electron chi connectivity index (χ4n) is 4.74. The van der Waals surface area contributed by atoms with Crippen LogP contribution in [0.15, 0.2) is 0 Å². The summed E-state index contributed by atoms with van der Waals surface area (Å²) < 4.78 is 5.66. The molecule has 0 saturated carbocycles. The SMILES string of the molecule is CCCCCCCC(CC)(CC)C(CC)(CC)C(=O)OCC(CO)(CO)CO. The molecule has 0 aromatic rings. The average Bonchev–Trinajstić information content (AvgIpc) is 2.74. The number of hydrogen-bond acceptors (Lipinski definition) is 5. The molecule has 0 atom stereocenters. The Labute approximate surface area is 172 Å². The Kier molecular flexibility index (Phi) is 13.2. The molecule has 0 unspecified atom stereocenters. The zero-order valence-corrected chi connectivity index (χ0v) is 19.1. The number of ether oxygens (including phenoxy) is 1. The highest BCUT2D eigenvalue weighted by Gasteiger charge is 2.52. The molecule has 0 amide bonds. The number of aliphatic hydroxyl groups is 3. The van der Waals surface area contributed by atoms with Crippen LogP contribution in [-0.4, -0.2) is 47.7 Å². The van der Waals surface area contributed by atoms with E-state index in [9.17, 15) is 20.1 Å². The van der Waals surface area contributed by atoms with Crippen LogP contribution >= 0.6 is 0 Å². The van der Waals surface area contributed by atoms with E-state index in [-0.39, 0.29) is 18.0 Å². The van der Waals surface area contributed by atoms with Gasteiger partial charge in [-0.1, -0.05) is 66.7 Å². The van der Waals surface area contributed by atoms with Crippen LogP contribution in [0.2, 0.25) is 0 Å². The Balaban J connectivity index is 5.51. The van der Waals surface area contributed by atoms with Crippen molar-refractivity contribution in [3.63, 3.8) is 0 Å². The quantitative estimate of drug-likeness (QED) is 0.247. The summed E-state index contributed by atoms with van der Waals surface area (Å²) in [6.45, 7) is 9.21. The van der Waals surface area contributed by atoms with Crippen LogP contribution in [0, 0.1) is 16.2 Å². The molecule has 0 spiro atoms. The van der Waals surface area contributed by atoms with E-state index in [1.165, 1.54) is 25.7 Å². The van der Waals surface area contributed by atoms with E-state index < -0.39 is 30.7 Å². The molecule has 0 radical (unpaired) electrons. The molecular weight excluding hydrogens is 356 g/mol. The average molecular weight is 403 g/mol. The lowest BCUT2D eigenvalue weighted by Crippen LogP contribution is -2.49. The van der Waals surface area contributed by atoms with Crippen LogP contribution in [0.4, 0.5) is 0 Å². The standard InChI is InChI=1S/C23H46O5/c1-6-11-12-13-14-15-22(7-2,8-3)23(9-4,10-5)20(27)28-19-21(16-24,17-25)18-26/h24-26H,6-19H2,1-5H3. The minimum atomic E-state index is -1.19. The third kappa shape index (κ3) is 6.17. The van der Waals surface area contributed by atoms with Gasteiger partial charge in [-0.2, -0.15) is 0 Å². The molecule has 5 heteroatoms. The lowest BCUT2D eigenvalue weighted by Gasteiger charge is -2.48. The summed E-state index contributed by atoms with van der Waals surface area (Å²) >= 11 is 0. The molecule has 0 bridgehead atoms. The highest BCUT2D eigenvalue weighted by atomic mass is 16.5. The van der Waals surface area contributed by atoms with Crippen molar-refractivity contribution in [2.75, 3.05) is 26.4 Å². The van der Waals surface area contributed by atoms with Crippen molar-refractivity contribution < 1.29 is 24.9 Å². The van der Waals surface area contributed by atoms with Crippen molar-refractivity contribution >= 4 is 5.97 Å². The summed E-state index contributed by atoms with van der Waals surface area (Å²) in [6, 6.07) is 0. The zero-order valence-electron chi connectivity index (χ0n) is 19.1. The molecule has 0 fully saturated rings. The Bertz CT molecular complexity index is 401. The number of rotatable bonds is 17. The van der Waals surface area contributed by atoms with Gasteiger partial charge >= 0.3 is 5.97 Å². The second kappa shape index (κ2) is 13.6. The van der Waals surface area contributed by atoms with Crippen molar-refractivity contribution in [3.05, 3.63) is 0 Å². The van der Waals surface area contributed by atoms with Gasteiger partial charge in [0, 0.05) is 0 Å². The second-order valence-corrected chi connectivity index (χ2v) is 8.49. The zero-order chi connectivity index (χ0) is 21.7. The van der Waals surface area contributed by atoms with E-state index in [1.807, 2.05) is 0 Å². The van der Waals surface area contributed by atoms with E-state index in [1.54, 1.807) is 0 Å². The van der Waals surface area contributed by atoms with Gasteiger partial charge in [-0.25, -0.2) is 0 Å². The number of unbranched alkanes of at least 4 members (excludes halogenated alkanes) is 4. The predicted octanol–water partition coefficient (Wildman–Crippen LogP) is 4.47. The van der Waals surface area contributed by atoms with Crippen LogP contribution in [-0.2, 0) is 9.53 Å². The molecule has 0 saturated heterocycles. The van der Waals surface area contributed by atoms with Gasteiger partial charge in [0.2, 0.25) is 0 Å². The van der Waals surface area contributed by atoms with E-state index in [0.717, 1.165) is 25.7 Å². The maximum atomic E-state index is 13.4. The minimum Gasteiger partial charge on any atom is -0.464 e. The summed E-state index contributed by atoms with van der Waals surface area (Å²) in [4.78, 5) is 13.4. The molecule has 0 aliphatic rings. The number of carbonyl (C=O) groups excluding carboxylic acids is 1. The number of esters is 1. The Morgan fingerprint density at radius 2 is 1.25 bits per heavy atom. The fourth-order valence-corrected chi connectivity index (χ4v) is 4.74. The first-order chi connectivity index (χ1) is 13.4. The van der Waals surface area contributed by atoms with Gasteiger partial charge in [-0.05, 0) is 37.5 Å². The van der Waals surface area contributed by atoms with E-state index in [4.69, 9.17) is 4.74 Å². The summed E-state index contributed by atoms with van der Waals surface area (Å²) in [5.41, 5.74) is -1.91. The topological polar surface area (TPSA) is 87.0 Å². The Morgan fingerprint density at radius 1 is 0.750 bits per heavy atom. The van der Waals surface area contributed by atoms with Crippen LogP contribution in [0.3, 0.4) is 0 Å². The van der Waals surface area contributed by atoms with Crippen molar-refractivity contribution in [2.24, 2.45) is 16.2 Å². The lowest BCUT2D eigenvalue weighted by atomic mass is 9.55. The van der Waals surface area contributed by atoms with Crippen LogP contribution in [0.5, 0.6) is 0 Å². The third-order valence-electron chi connectivity index (χ3n) is 7.24. The second-order valence-electron chi connectivity index (χ2n) is 8.49. The largest absolute Gasteiger partial charge is 0.464 e. The van der Waals surface area contributed by atoms with Gasteiger partial charge in [0.1, 0.15) is 6.61 Å². The molecule has 0 aliphatic carbocycles. The van der Waals surface area contributed by atoms with Gasteiger partial charge in [0.05, 0.1) is 30.7 Å². The van der Waals surface area contributed by atoms with Crippen molar-refractivity contribution in [3.8, 4) is 0 Å². The molecule has 3 N–H and O–H groups in total. The molecule has 0 rings (SSSR count). The maximum Gasteiger partial charge on any atom is 0.312 e. The van der Waals surface area contributed by atoms with E-state index in [0.29, 0.717) is 12.8 Å². The molecule has 0 aromatic heterocycles. The molecule has 0 heterocycles. The van der Waals surface area contributed by atoms with Gasteiger partial charge in [0.25, 0.3) is 0 Å². The van der Waals surface area contributed by atoms with Crippen LogP contribution < -0.4 is 0 Å². The number of aliphatic hydroxyl groups excluding tert-OH is 3. The molecule has 28 heavy (non-hydrogen) atoms. The molecular formula is C23H46O5. The summed E-state index contributed by atoms with van der Waals surface area (Å²) in [7, 11) is 0. The van der Waals surface area contributed by atoms with Gasteiger partial charge in [-0.3, -0.25) is 4.79 Å². The van der Waals surface area contributed by atoms with Crippen molar-refractivity contribution in [2.45, 2.75) is 98.8 Å². The smallest absolute Gasteiger partial charge is 0.312 e. The summed E-state index contributed by atoms with van der Waals surface area (Å²) in [5, 5.41) is 28.6. The monoisotopic (exact) mass is 402 g/mol. The van der Waals surface area contributed by atoms with Crippen molar-refractivity contribution in [1.29, 1.82) is 0 Å². The first kappa shape index (κ1) is 27.4. The Hall–Kier alpha value is -0.650. The van der Waals surface area contributed by atoms with Crippen molar-refractivity contribution in [1.82, 2.24) is 0 Å². The van der Waals surface area contributed by atoms with Gasteiger partial charge in [0.15, 0.2) is 0 Å². The first-order valence-electron chi connectivity index (χ1n) is 11.4. The fraction of sp³-hybridized carbons (Fsp3) is 0.957. The van der Waals surface area contributed by atoms with Gasteiger partial charge in [-0.15, -0.1) is 0 Å². The highest BCUT2D eigenvalue weighted by molar-refractivity contribution is 5.78. The normalized spacial score (nSPS) is 13.0. The molecule has 5 nitrogen and oxygen atoms in total. The lowest BCUT2D eigenvalue weighted by molar-refractivity contribution is -0.176. The maximum absolute atomic E-state index is 13.4. The summed E-state index contributed by atoms with van der Waals surface area (Å²) in [6.07, 6.45) is 10.3. The summed E-state index contributed by atoms with van der Waals surface area (Å²) in [5.74, 6) is -0.255. The number of hydrogen-bond donors (Lipinski definition) is 3. The third-order valence-corrected chi connectivity index (χ3v) is 7.24. The van der Waals surface area contributed by atoms with E-state index in [2.05, 4.69) is 34.6 Å².